The Morgan fingerprint density at radius 1 is 0.892 bits per heavy atom. The minimum absolute atomic E-state index is 0.0304. The van der Waals surface area contributed by atoms with Crippen LogP contribution >= 0.6 is 0 Å². The molecular formula is C27H21F2N3O4S. The highest BCUT2D eigenvalue weighted by atomic mass is 32.2. The highest BCUT2D eigenvalue weighted by molar-refractivity contribution is 7.90. The lowest BCUT2D eigenvalue weighted by Gasteiger charge is -2.15. The van der Waals surface area contributed by atoms with Gasteiger partial charge >= 0.3 is 0 Å². The van der Waals surface area contributed by atoms with Crippen molar-refractivity contribution in [3.63, 3.8) is 0 Å². The van der Waals surface area contributed by atoms with Crippen LogP contribution in [0.1, 0.15) is 5.56 Å². The van der Waals surface area contributed by atoms with Gasteiger partial charge in [0.05, 0.1) is 4.90 Å². The smallest absolute Gasteiger partial charge is 0.275 e. The number of benzene rings is 3. The average Bonchev–Trinajstić information content (AvgIpc) is 3.31. The number of aryl methyl sites for hydroxylation is 2. The second-order valence-electron chi connectivity index (χ2n) is 8.58. The molecule has 0 aliphatic rings. The number of halogens is 2. The SMILES string of the molecule is Cc1ccc(S(=O)(=O)n2ccc3c(-c4cc(N)ccc4Oc4ccc(F)cc4F)cn(C)c(=O)c32)cc1. The van der Waals surface area contributed by atoms with Crippen molar-refractivity contribution in [3.05, 3.63) is 107 Å². The van der Waals surface area contributed by atoms with Gasteiger partial charge in [-0.3, -0.25) is 4.79 Å². The zero-order chi connectivity index (χ0) is 26.5. The van der Waals surface area contributed by atoms with Crippen LogP contribution in [-0.4, -0.2) is 17.0 Å². The van der Waals surface area contributed by atoms with Crippen molar-refractivity contribution in [1.29, 1.82) is 0 Å². The van der Waals surface area contributed by atoms with E-state index in [1.165, 1.54) is 48.3 Å². The molecule has 2 N–H and O–H groups in total. The Morgan fingerprint density at radius 3 is 2.30 bits per heavy atom. The summed E-state index contributed by atoms with van der Waals surface area (Å²) in [6.07, 6.45) is 2.84. The standard InChI is InChI=1S/C27H21F2N3O4S/c1-16-3-7-19(8-4-16)37(34,35)32-12-11-20-22(15-31(2)27(33)26(20)32)21-14-18(30)6-10-24(21)36-25-9-5-17(28)13-23(25)29/h3-15H,30H2,1-2H3. The normalized spacial score (nSPS) is 11.7. The molecule has 37 heavy (non-hydrogen) atoms. The maximum atomic E-state index is 14.3. The Morgan fingerprint density at radius 2 is 1.59 bits per heavy atom. The van der Waals surface area contributed by atoms with E-state index in [4.69, 9.17) is 10.5 Å². The summed E-state index contributed by atoms with van der Waals surface area (Å²) in [5.74, 6) is -1.69. The van der Waals surface area contributed by atoms with E-state index in [0.717, 1.165) is 21.7 Å². The topological polar surface area (TPSA) is 96.3 Å². The van der Waals surface area contributed by atoms with Crippen LogP contribution in [0.15, 0.2) is 88.8 Å². The Kier molecular flexibility index (Phi) is 5.83. The fourth-order valence-electron chi connectivity index (χ4n) is 4.09. The zero-order valence-corrected chi connectivity index (χ0v) is 20.6. The molecule has 0 saturated heterocycles. The molecule has 0 aliphatic carbocycles. The monoisotopic (exact) mass is 521 g/mol. The first-order valence-corrected chi connectivity index (χ1v) is 12.6. The number of ether oxygens (including phenoxy) is 1. The van der Waals surface area contributed by atoms with E-state index in [2.05, 4.69) is 0 Å². The molecular weight excluding hydrogens is 500 g/mol. The molecule has 0 amide bonds. The minimum atomic E-state index is -4.09. The van der Waals surface area contributed by atoms with Crippen LogP contribution in [0.5, 0.6) is 11.5 Å². The van der Waals surface area contributed by atoms with Gasteiger partial charge in [0.15, 0.2) is 11.6 Å². The number of fused-ring (bicyclic) bond motifs is 1. The molecule has 0 bridgehead atoms. The fraction of sp³-hybridized carbons (Fsp3) is 0.0741. The third-order valence-corrected chi connectivity index (χ3v) is 7.66. The molecule has 0 spiro atoms. The van der Waals surface area contributed by atoms with Crippen molar-refractivity contribution < 1.29 is 21.9 Å². The fourth-order valence-corrected chi connectivity index (χ4v) is 5.44. The van der Waals surface area contributed by atoms with Crippen LogP contribution in [0, 0.1) is 18.6 Å². The quantitative estimate of drug-likeness (QED) is 0.321. The first-order valence-electron chi connectivity index (χ1n) is 11.1. The lowest BCUT2D eigenvalue weighted by atomic mass is 10.0. The summed E-state index contributed by atoms with van der Waals surface area (Å²) in [6.45, 7) is 1.84. The molecule has 0 saturated carbocycles. The van der Waals surface area contributed by atoms with Crippen LogP contribution in [0.2, 0.25) is 0 Å². The molecule has 0 unspecified atom stereocenters. The summed E-state index contributed by atoms with van der Waals surface area (Å²) in [5.41, 5.74) is 7.50. The first kappa shape index (κ1) is 24.3. The predicted molar refractivity (Wildman–Crippen MR) is 137 cm³/mol. The Hall–Kier alpha value is -4.44. The third kappa shape index (κ3) is 4.25. The summed E-state index contributed by atoms with van der Waals surface area (Å²) < 4.78 is 62.6. The summed E-state index contributed by atoms with van der Waals surface area (Å²) >= 11 is 0. The van der Waals surface area contributed by atoms with E-state index in [0.29, 0.717) is 28.3 Å². The van der Waals surface area contributed by atoms with Crippen molar-refractivity contribution in [2.24, 2.45) is 7.05 Å². The number of nitrogen functional groups attached to an aromatic ring is 1. The molecule has 2 heterocycles. The number of hydrogen-bond acceptors (Lipinski definition) is 5. The van der Waals surface area contributed by atoms with Gasteiger partial charge in [0.2, 0.25) is 0 Å². The second-order valence-corrected chi connectivity index (χ2v) is 10.4. The van der Waals surface area contributed by atoms with Gasteiger partial charge < -0.3 is 15.0 Å². The van der Waals surface area contributed by atoms with Gasteiger partial charge in [-0.2, -0.15) is 0 Å². The summed E-state index contributed by atoms with van der Waals surface area (Å²) in [7, 11) is -2.60. The van der Waals surface area contributed by atoms with Gasteiger partial charge in [-0.1, -0.05) is 17.7 Å². The van der Waals surface area contributed by atoms with Crippen molar-refractivity contribution in [2.75, 3.05) is 5.73 Å². The zero-order valence-electron chi connectivity index (χ0n) is 19.8. The molecule has 188 valence electrons. The maximum absolute atomic E-state index is 14.3. The molecule has 0 aliphatic heterocycles. The number of nitrogens with two attached hydrogens (primary N) is 1. The average molecular weight is 522 g/mol. The predicted octanol–water partition coefficient (Wildman–Crippen LogP) is 5.21. The lowest BCUT2D eigenvalue weighted by molar-refractivity contribution is 0.439. The summed E-state index contributed by atoms with van der Waals surface area (Å²) in [4.78, 5) is 13.2. The van der Waals surface area contributed by atoms with Crippen molar-refractivity contribution >= 4 is 26.6 Å². The maximum Gasteiger partial charge on any atom is 0.275 e. The van der Waals surface area contributed by atoms with Crippen LogP contribution in [0.4, 0.5) is 14.5 Å². The van der Waals surface area contributed by atoms with Gasteiger partial charge in [0.25, 0.3) is 15.6 Å². The number of rotatable bonds is 5. The minimum Gasteiger partial charge on any atom is -0.454 e. The van der Waals surface area contributed by atoms with Crippen LogP contribution in [-0.2, 0) is 17.1 Å². The number of anilines is 1. The van der Waals surface area contributed by atoms with Gasteiger partial charge in [0, 0.05) is 47.7 Å². The van der Waals surface area contributed by atoms with Crippen LogP contribution < -0.4 is 16.0 Å². The molecule has 0 fully saturated rings. The molecule has 5 rings (SSSR count). The number of nitrogens with zero attached hydrogens (tertiary/aromatic N) is 2. The molecule has 0 radical (unpaired) electrons. The van der Waals surface area contributed by atoms with Gasteiger partial charge in [-0.15, -0.1) is 0 Å². The molecule has 2 aromatic heterocycles. The van der Waals surface area contributed by atoms with Crippen molar-refractivity contribution in [3.8, 4) is 22.6 Å². The highest BCUT2D eigenvalue weighted by Gasteiger charge is 2.24. The van der Waals surface area contributed by atoms with Crippen molar-refractivity contribution in [2.45, 2.75) is 11.8 Å². The van der Waals surface area contributed by atoms with Gasteiger partial charge in [-0.25, -0.2) is 21.2 Å². The van der Waals surface area contributed by atoms with E-state index >= 15 is 0 Å². The Labute approximate surface area is 211 Å². The van der Waals surface area contributed by atoms with Gasteiger partial charge in [-0.05, 0) is 55.5 Å². The summed E-state index contributed by atoms with van der Waals surface area (Å²) in [5, 5.41) is 0.328. The number of pyridine rings is 1. The lowest BCUT2D eigenvalue weighted by Crippen LogP contribution is -2.22. The first-order chi connectivity index (χ1) is 17.6. The van der Waals surface area contributed by atoms with E-state index in [1.807, 2.05) is 6.92 Å². The van der Waals surface area contributed by atoms with Crippen molar-refractivity contribution in [1.82, 2.24) is 8.54 Å². The van der Waals surface area contributed by atoms with Crippen LogP contribution in [0.25, 0.3) is 22.0 Å². The van der Waals surface area contributed by atoms with E-state index in [9.17, 15) is 22.0 Å². The second kappa shape index (κ2) is 8.90. The highest BCUT2D eigenvalue weighted by Crippen LogP contribution is 2.39. The van der Waals surface area contributed by atoms with Gasteiger partial charge in [0.1, 0.15) is 17.1 Å². The molecule has 7 nitrogen and oxygen atoms in total. The van der Waals surface area contributed by atoms with Crippen LogP contribution in [0.3, 0.4) is 0 Å². The number of hydrogen-bond donors (Lipinski definition) is 1. The van der Waals surface area contributed by atoms with E-state index < -0.39 is 27.2 Å². The Bertz CT molecular complexity index is 1840. The Balaban J connectivity index is 1.73. The van der Waals surface area contributed by atoms with E-state index in [1.54, 1.807) is 24.3 Å². The molecule has 10 heteroatoms. The van der Waals surface area contributed by atoms with E-state index in [-0.39, 0.29) is 21.9 Å². The largest absolute Gasteiger partial charge is 0.454 e. The number of aromatic nitrogens is 2. The molecule has 0 atom stereocenters. The third-order valence-electron chi connectivity index (χ3n) is 5.97. The summed E-state index contributed by atoms with van der Waals surface area (Å²) in [6, 6.07) is 15.4. The molecule has 3 aromatic carbocycles. The molecule has 5 aromatic rings.